The van der Waals surface area contributed by atoms with E-state index in [-0.39, 0.29) is 0 Å². The van der Waals surface area contributed by atoms with Crippen LogP contribution in [0.1, 0.15) is 98.7 Å². The highest BCUT2D eigenvalue weighted by molar-refractivity contribution is 5.98. The molecule has 1 aliphatic carbocycles. The lowest BCUT2D eigenvalue weighted by molar-refractivity contribution is 0.0688. The SMILES string of the molecule is CC.CC(c1ccc(C(=O)O)cc1N1C=C(C(N)=NCC2CCOCC2)Cc2ccccc2C1)C1CCCCC1.N=N. The van der Waals surface area contributed by atoms with Crippen molar-refractivity contribution in [2.75, 3.05) is 24.7 Å². The summed E-state index contributed by atoms with van der Waals surface area (Å²) in [6, 6.07) is 14.1. The first-order valence-electron chi connectivity index (χ1n) is 15.5. The summed E-state index contributed by atoms with van der Waals surface area (Å²) < 4.78 is 5.50. The number of nitrogens with two attached hydrogens (primary N) is 1. The normalized spacial score (nSPS) is 18.7. The van der Waals surface area contributed by atoms with Gasteiger partial charge in [0.2, 0.25) is 0 Å². The van der Waals surface area contributed by atoms with Crippen molar-refractivity contribution in [3.63, 3.8) is 0 Å². The minimum absolute atomic E-state index is 0.313. The van der Waals surface area contributed by atoms with Crippen LogP contribution in [0.15, 0.2) is 59.2 Å². The van der Waals surface area contributed by atoms with Gasteiger partial charge in [0.15, 0.2) is 0 Å². The van der Waals surface area contributed by atoms with Crippen LogP contribution in [0.3, 0.4) is 0 Å². The Morgan fingerprint density at radius 1 is 1.05 bits per heavy atom. The van der Waals surface area contributed by atoms with Crippen LogP contribution in [0.5, 0.6) is 0 Å². The molecule has 5 N–H and O–H groups in total. The van der Waals surface area contributed by atoms with Crippen LogP contribution in [-0.2, 0) is 17.7 Å². The zero-order valence-electron chi connectivity index (χ0n) is 25.6. The lowest BCUT2D eigenvalue weighted by atomic mass is 9.77. The Morgan fingerprint density at radius 2 is 1.71 bits per heavy atom. The van der Waals surface area contributed by atoms with Gasteiger partial charge in [0.25, 0.3) is 0 Å². The van der Waals surface area contributed by atoms with Crippen LogP contribution in [0.4, 0.5) is 5.69 Å². The average molecular weight is 576 g/mol. The van der Waals surface area contributed by atoms with Crippen molar-refractivity contribution in [1.29, 1.82) is 11.1 Å². The lowest BCUT2D eigenvalue weighted by Crippen LogP contribution is -2.24. The molecule has 5 rings (SSSR count). The summed E-state index contributed by atoms with van der Waals surface area (Å²) in [5.41, 5.74) is 22.6. The molecule has 0 spiro atoms. The second-order valence-electron chi connectivity index (χ2n) is 11.3. The molecule has 0 bridgehead atoms. The number of carboxylic acid groups (broad SMARTS) is 1. The highest BCUT2D eigenvalue weighted by Crippen LogP contribution is 2.41. The van der Waals surface area contributed by atoms with Crippen molar-refractivity contribution in [3.05, 3.63) is 76.5 Å². The van der Waals surface area contributed by atoms with Gasteiger partial charge in [0, 0.05) is 50.2 Å². The average Bonchev–Trinajstić information content (AvgIpc) is 3.26. The highest BCUT2D eigenvalue weighted by Gasteiger charge is 2.27. The monoisotopic (exact) mass is 575 g/mol. The molecule has 42 heavy (non-hydrogen) atoms. The Bertz CT molecular complexity index is 1220. The number of carboxylic acids is 1. The molecule has 1 saturated carbocycles. The van der Waals surface area contributed by atoms with Crippen molar-refractivity contribution >= 4 is 17.5 Å². The van der Waals surface area contributed by atoms with E-state index in [9.17, 15) is 9.90 Å². The van der Waals surface area contributed by atoms with Crippen LogP contribution in [0.25, 0.3) is 0 Å². The first-order valence-corrected chi connectivity index (χ1v) is 15.5. The van der Waals surface area contributed by atoms with E-state index in [1.807, 2.05) is 26.0 Å². The van der Waals surface area contributed by atoms with E-state index in [4.69, 9.17) is 26.5 Å². The van der Waals surface area contributed by atoms with Crippen LogP contribution < -0.4 is 10.6 Å². The zero-order chi connectivity index (χ0) is 30.5. The number of nitrogens with zero attached hydrogens (tertiary/aromatic N) is 2. The number of carbonyl (C=O) groups is 1. The number of fused-ring (bicyclic) bond motifs is 1. The molecular formula is C34H49N5O3. The third kappa shape index (κ3) is 8.51. The summed E-state index contributed by atoms with van der Waals surface area (Å²) in [7, 11) is 0. The highest BCUT2D eigenvalue weighted by atomic mass is 16.5. The molecule has 8 nitrogen and oxygen atoms in total. The topological polar surface area (TPSA) is 136 Å². The van der Waals surface area contributed by atoms with Crippen molar-refractivity contribution in [1.82, 2.24) is 0 Å². The fourth-order valence-corrected chi connectivity index (χ4v) is 6.32. The number of anilines is 1. The predicted octanol–water partition coefficient (Wildman–Crippen LogP) is 7.92. The summed E-state index contributed by atoms with van der Waals surface area (Å²) in [6.45, 7) is 9.29. The van der Waals surface area contributed by atoms with Gasteiger partial charge in [-0.15, -0.1) is 0 Å². The largest absolute Gasteiger partial charge is 0.478 e. The van der Waals surface area contributed by atoms with Crippen molar-refractivity contribution < 1.29 is 14.6 Å². The Balaban J connectivity index is 0.00000116. The van der Waals surface area contributed by atoms with Crippen molar-refractivity contribution in [2.45, 2.75) is 84.6 Å². The van der Waals surface area contributed by atoms with Gasteiger partial charge >= 0.3 is 5.97 Å². The zero-order valence-corrected chi connectivity index (χ0v) is 25.6. The summed E-state index contributed by atoms with van der Waals surface area (Å²) >= 11 is 0. The quantitative estimate of drug-likeness (QED) is 0.151. The van der Waals surface area contributed by atoms with Gasteiger partial charge < -0.3 is 20.5 Å². The smallest absolute Gasteiger partial charge is 0.335 e. The molecule has 228 valence electrons. The Kier molecular flexibility index (Phi) is 13.2. The first-order chi connectivity index (χ1) is 20.5. The van der Waals surface area contributed by atoms with E-state index in [0.717, 1.165) is 37.3 Å². The molecule has 2 heterocycles. The number of ether oxygens (including phenoxy) is 1. The molecule has 2 aromatic carbocycles. The Hall–Kier alpha value is -3.52. The maximum atomic E-state index is 12.0. The van der Waals surface area contributed by atoms with Gasteiger partial charge in [0.05, 0.1) is 5.56 Å². The van der Waals surface area contributed by atoms with E-state index < -0.39 is 5.97 Å². The number of rotatable bonds is 7. The predicted molar refractivity (Wildman–Crippen MR) is 170 cm³/mol. The van der Waals surface area contributed by atoms with E-state index in [0.29, 0.717) is 48.7 Å². The maximum Gasteiger partial charge on any atom is 0.335 e. The first kappa shape index (κ1) is 33.0. The maximum absolute atomic E-state index is 12.0. The number of amidine groups is 1. The van der Waals surface area contributed by atoms with Gasteiger partial charge in [-0.1, -0.05) is 70.4 Å². The molecule has 8 heteroatoms. The fourth-order valence-electron chi connectivity index (χ4n) is 6.32. The van der Waals surface area contributed by atoms with Gasteiger partial charge in [0.1, 0.15) is 5.84 Å². The van der Waals surface area contributed by atoms with Gasteiger partial charge in [-0.3, -0.25) is 4.99 Å². The number of hydrogen-bond donors (Lipinski definition) is 4. The standard InChI is InChI=1S/C32H41N3O3.C2H6.H2N2/c1-22(24-7-3-2-4-8-24)29-12-11-26(32(36)37)18-30(29)35-20-27-10-6-5-9-25(27)17-28(21-35)31(33)34-19-23-13-15-38-16-14-23;2*1-2/h5-6,9-12,18,21-24H,2-4,7-8,13-17,19-20H2,1H3,(H2,33,34)(H,36,37);1-2H3;1-2H. The molecular weight excluding hydrogens is 526 g/mol. The molecule has 1 unspecified atom stereocenters. The van der Waals surface area contributed by atoms with E-state index in [1.165, 1.54) is 48.8 Å². The van der Waals surface area contributed by atoms with E-state index in [2.05, 4.69) is 42.3 Å². The van der Waals surface area contributed by atoms with Crippen LogP contribution in [0, 0.1) is 22.9 Å². The Morgan fingerprint density at radius 3 is 2.38 bits per heavy atom. The molecule has 2 aliphatic heterocycles. The number of nitrogens with one attached hydrogen (secondary N) is 2. The molecule has 2 aromatic rings. The molecule has 3 aliphatic rings. The molecule has 0 aromatic heterocycles. The summed E-state index contributed by atoms with van der Waals surface area (Å²) in [6.07, 6.45) is 11.2. The van der Waals surface area contributed by atoms with Crippen LogP contribution in [-0.4, -0.2) is 36.7 Å². The van der Waals surface area contributed by atoms with Crippen LogP contribution in [0.2, 0.25) is 0 Å². The molecule has 1 saturated heterocycles. The van der Waals surface area contributed by atoms with E-state index in [1.54, 1.807) is 6.07 Å². The minimum atomic E-state index is -0.903. The van der Waals surface area contributed by atoms with E-state index >= 15 is 0 Å². The third-order valence-electron chi connectivity index (χ3n) is 8.78. The summed E-state index contributed by atoms with van der Waals surface area (Å²) in [5, 5.41) is 9.85. The molecule has 2 fully saturated rings. The number of benzene rings is 2. The lowest BCUT2D eigenvalue weighted by Gasteiger charge is -2.32. The van der Waals surface area contributed by atoms with Gasteiger partial charge in [-0.25, -0.2) is 15.9 Å². The summed E-state index contributed by atoms with van der Waals surface area (Å²) in [5.74, 6) is 1.15. The van der Waals surface area contributed by atoms with Crippen LogP contribution >= 0.6 is 0 Å². The molecule has 0 amide bonds. The molecule has 0 radical (unpaired) electrons. The minimum Gasteiger partial charge on any atom is -0.478 e. The summed E-state index contributed by atoms with van der Waals surface area (Å²) in [4.78, 5) is 19.1. The fraction of sp³-hybridized carbons (Fsp3) is 0.529. The van der Waals surface area contributed by atoms with Gasteiger partial charge in [-0.05, 0) is 72.3 Å². The van der Waals surface area contributed by atoms with Gasteiger partial charge in [-0.2, -0.15) is 0 Å². The number of aliphatic imine (C=N–C) groups is 1. The van der Waals surface area contributed by atoms with Crippen molar-refractivity contribution in [2.24, 2.45) is 22.6 Å². The second kappa shape index (κ2) is 16.8. The Labute approximate surface area is 251 Å². The second-order valence-corrected chi connectivity index (χ2v) is 11.3. The number of hydrogen-bond acceptors (Lipinski definition) is 6. The van der Waals surface area contributed by atoms with Crippen molar-refractivity contribution in [3.8, 4) is 0 Å². The number of aromatic carboxylic acids is 1. The third-order valence-corrected chi connectivity index (χ3v) is 8.78. The molecule has 1 atom stereocenters.